The minimum absolute atomic E-state index is 0.184. The lowest BCUT2D eigenvalue weighted by Gasteiger charge is -2.22. The third-order valence-corrected chi connectivity index (χ3v) is 3.34. The number of hydrogen-bond acceptors (Lipinski definition) is 2. The molecular formula is C14H21FN2. The van der Waals surface area contributed by atoms with E-state index in [1.807, 2.05) is 0 Å². The van der Waals surface area contributed by atoms with Crippen LogP contribution >= 0.6 is 0 Å². The van der Waals surface area contributed by atoms with Gasteiger partial charge in [-0.25, -0.2) is 4.39 Å². The van der Waals surface area contributed by atoms with E-state index in [0.29, 0.717) is 6.04 Å². The quantitative estimate of drug-likeness (QED) is 0.767. The van der Waals surface area contributed by atoms with E-state index < -0.39 is 0 Å². The molecule has 2 nitrogen and oxygen atoms in total. The van der Waals surface area contributed by atoms with E-state index in [-0.39, 0.29) is 5.82 Å². The summed E-state index contributed by atoms with van der Waals surface area (Å²) in [4.78, 5) is 0. The van der Waals surface area contributed by atoms with Gasteiger partial charge in [-0.3, -0.25) is 0 Å². The fourth-order valence-corrected chi connectivity index (χ4v) is 2.36. The van der Waals surface area contributed by atoms with Crippen LogP contribution < -0.4 is 10.6 Å². The molecule has 1 aliphatic rings. The molecule has 2 N–H and O–H groups in total. The Hall–Kier alpha value is -1.09. The normalized spacial score (nSPS) is 17.0. The first-order valence-corrected chi connectivity index (χ1v) is 6.57. The van der Waals surface area contributed by atoms with Crippen molar-refractivity contribution in [2.45, 2.75) is 38.1 Å². The highest BCUT2D eigenvalue weighted by Gasteiger charge is 2.11. The highest BCUT2D eigenvalue weighted by molar-refractivity contribution is 5.42. The van der Waals surface area contributed by atoms with Gasteiger partial charge in [0.25, 0.3) is 0 Å². The SMILES string of the molecule is Fc1ccc(NCCNC2CCCCC2)cc1. The summed E-state index contributed by atoms with van der Waals surface area (Å²) in [5.74, 6) is -0.184. The Morgan fingerprint density at radius 1 is 1.00 bits per heavy atom. The van der Waals surface area contributed by atoms with Gasteiger partial charge in [0.2, 0.25) is 0 Å². The van der Waals surface area contributed by atoms with E-state index in [1.165, 1.54) is 44.2 Å². The summed E-state index contributed by atoms with van der Waals surface area (Å²) in [6, 6.07) is 7.22. The van der Waals surface area contributed by atoms with Gasteiger partial charge in [0.05, 0.1) is 0 Å². The molecule has 1 saturated carbocycles. The van der Waals surface area contributed by atoms with Crippen LogP contribution in [-0.4, -0.2) is 19.1 Å². The Bertz CT molecular complexity index is 317. The van der Waals surface area contributed by atoms with Gasteiger partial charge in [0.1, 0.15) is 5.82 Å². The van der Waals surface area contributed by atoms with Crippen LogP contribution in [0.2, 0.25) is 0 Å². The van der Waals surface area contributed by atoms with Crippen LogP contribution in [0.5, 0.6) is 0 Å². The number of rotatable bonds is 5. The summed E-state index contributed by atoms with van der Waals surface area (Å²) < 4.78 is 12.7. The molecule has 94 valence electrons. The molecule has 0 amide bonds. The zero-order chi connectivity index (χ0) is 11.9. The predicted octanol–water partition coefficient (Wildman–Crippen LogP) is 3.16. The molecule has 1 fully saturated rings. The van der Waals surface area contributed by atoms with Crippen molar-refractivity contribution in [3.63, 3.8) is 0 Å². The van der Waals surface area contributed by atoms with Gasteiger partial charge in [0, 0.05) is 24.8 Å². The van der Waals surface area contributed by atoms with E-state index >= 15 is 0 Å². The van der Waals surface area contributed by atoms with Crippen LogP contribution in [0.4, 0.5) is 10.1 Å². The number of nitrogens with one attached hydrogen (secondary N) is 2. The van der Waals surface area contributed by atoms with Gasteiger partial charge in [-0.2, -0.15) is 0 Å². The molecule has 1 aliphatic carbocycles. The van der Waals surface area contributed by atoms with Crippen molar-refractivity contribution in [3.8, 4) is 0 Å². The van der Waals surface area contributed by atoms with Crippen molar-refractivity contribution in [2.75, 3.05) is 18.4 Å². The largest absolute Gasteiger partial charge is 0.384 e. The fraction of sp³-hybridized carbons (Fsp3) is 0.571. The highest BCUT2D eigenvalue weighted by Crippen LogP contribution is 2.17. The molecule has 0 spiro atoms. The van der Waals surface area contributed by atoms with Crippen molar-refractivity contribution in [2.24, 2.45) is 0 Å². The Kier molecular flexibility index (Phi) is 4.80. The van der Waals surface area contributed by atoms with Gasteiger partial charge >= 0.3 is 0 Å². The monoisotopic (exact) mass is 236 g/mol. The van der Waals surface area contributed by atoms with Crippen molar-refractivity contribution in [1.29, 1.82) is 0 Å². The molecule has 1 aromatic carbocycles. The molecule has 0 aromatic heterocycles. The van der Waals surface area contributed by atoms with Gasteiger partial charge in [-0.15, -0.1) is 0 Å². The lowest BCUT2D eigenvalue weighted by molar-refractivity contribution is 0.378. The van der Waals surface area contributed by atoms with Crippen molar-refractivity contribution in [1.82, 2.24) is 5.32 Å². The lowest BCUT2D eigenvalue weighted by atomic mass is 9.95. The predicted molar refractivity (Wildman–Crippen MR) is 69.8 cm³/mol. The van der Waals surface area contributed by atoms with E-state index in [4.69, 9.17) is 0 Å². The summed E-state index contributed by atoms with van der Waals surface area (Å²) in [6.07, 6.45) is 6.76. The Balaban J connectivity index is 1.60. The third kappa shape index (κ3) is 4.35. The van der Waals surface area contributed by atoms with Crippen LogP contribution in [0.25, 0.3) is 0 Å². The molecule has 0 bridgehead atoms. The van der Waals surface area contributed by atoms with Crippen molar-refractivity contribution in [3.05, 3.63) is 30.1 Å². The van der Waals surface area contributed by atoms with E-state index in [9.17, 15) is 4.39 Å². The van der Waals surface area contributed by atoms with Crippen LogP contribution in [0, 0.1) is 5.82 Å². The number of halogens is 1. The standard InChI is InChI=1S/C14H21FN2/c15-12-6-8-14(9-7-12)17-11-10-16-13-4-2-1-3-5-13/h6-9,13,16-17H,1-5,10-11H2. The molecule has 3 heteroatoms. The van der Waals surface area contributed by atoms with Crippen molar-refractivity contribution >= 4 is 5.69 Å². The Morgan fingerprint density at radius 2 is 1.71 bits per heavy atom. The van der Waals surface area contributed by atoms with Gasteiger partial charge in [-0.05, 0) is 37.1 Å². The van der Waals surface area contributed by atoms with E-state index in [1.54, 1.807) is 12.1 Å². The maximum atomic E-state index is 12.7. The zero-order valence-electron chi connectivity index (χ0n) is 10.2. The average molecular weight is 236 g/mol. The molecule has 0 heterocycles. The van der Waals surface area contributed by atoms with E-state index in [2.05, 4.69) is 10.6 Å². The number of benzene rings is 1. The summed E-state index contributed by atoms with van der Waals surface area (Å²) >= 11 is 0. The van der Waals surface area contributed by atoms with E-state index in [0.717, 1.165) is 18.8 Å². The topological polar surface area (TPSA) is 24.1 Å². The van der Waals surface area contributed by atoms with Crippen molar-refractivity contribution < 1.29 is 4.39 Å². The van der Waals surface area contributed by atoms with Gasteiger partial charge in [-0.1, -0.05) is 19.3 Å². The van der Waals surface area contributed by atoms with Crippen LogP contribution in [0.15, 0.2) is 24.3 Å². The molecular weight excluding hydrogens is 215 g/mol. The minimum atomic E-state index is -0.184. The second kappa shape index (κ2) is 6.60. The lowest BCUT2D eigenvalue weighted by Crippen LogP contribution is -2.34. The second-order valence-electron chi connectivity index (χ2n) is 4.72. The molecule has 1 aromatic rings. The number of hydrogen-bond donors (Lipinski definition) is 2. The van der Waals surface area contributed by atoms with Crippen LogP contribution in [0.3, 0.4) is 0 Å². The van der Waals surface area contributed by atoms with Crippen LogP contribution in [-0.2, 0) is 0 Å². The summed E-state index contributed by atoms with van der Waals surface area (Å²) in [5.41, 5.74) is 0.983. The molecule has 17 heavy (non-hydrogen) atoms. The first kappa shape index (κ1) is 12.4. The first-order valence-electron chi connectivity index (χ1n) is 6.57. The molecule has 0 atom stereocenters. The zero-order valence-corrected chi connectivity index (χ0v) is 10.2. The summed E-state index contributed by atoms with van der Waals surface area (Å²) in [5, 5.41) is 6.85. The third-order valence-electron chi connectivity index (χ3n) is 3.34. The van der Waals surface area contributed by atoms with Gasteiger partial charge < -0.3 is 10.6 Å². The molecule has 0 saturated heterocycles. The summed E-state index contributed by atoms with van der Waals surface area (Å²) in [6.45, 7) is 1.87. The first-order chi connectivity index (χ1) is 8.34. The molecule has 0 unspecified atom stereocenters. The average Bonchev–Trinajstić information content (AvgIpc) is 2.38. The fourth-order valence-electron chi connectivity index (χ4n) is 2.36. The van der Waals surface area contributed by atoms with Crippen LogP contribution in [0.1, 0.15) is 32.1 Å². The maximum Gasteiger partial charge on any atom is 0.123 e. The minimum Gasteiger partial charge on any atom is -0.384 e. The highest BCUT2D eigenvalue weighted by atomic mass is 19.1. The number of anilines is 1. The summed E-state index contributed by atoms with van der Waals surface area (Å²) in [7, 11) is 0. The Labute approximate surface area is 103 Å². The van der Waals surface area contributed by atoms with Gasteiger partial charge in [0.15, 0.2) is 0 Å². The second-order valence-corrected chi connectivity index (χ2v) is 4.72. The molecule has 0 aliphatic heterocycles. The molecule has 0 radical (unpaired) electrons. The maximum absolute atomic E-state index is 12.7. The molecule has 2 rings (SSSR count). The Morgan fingerprint density at radius 3 is 2.41 bits per heavy atom. The smallest absolute Gasteiger partial charge is 0.123 e.